The van der Waals surface area contributed by atoms with Crippen molar-refractivity contribution < 1.29 is 0 Å². The maximum absolute atomic E-state index is 6.11. The van der Waals surface area contributed by atoms with Gasteiger partial charge in [0.2, 0.25) is 0 Å². The molecule has 0 amide bonds. The minimum absolute atomic E-state index is 0.650. The highest BCUT2D eigenvalue weighted by molar-refractivity contribution is 6.30. The van der Waals surface area contributed by atoms with Crippen molar-refractivity contribution in [3.63, 3.8) is 0 Å². The number of fused-ring (bicyclic) bond motifs is 2. The number of nitrogens with zero attached hydrogens (tertiary/aromatic N) is 2. The van der Waals surface area contributed by atoms with E-state index in [4.69, 9.17) is 11.6 Å². The number of rotatable bonds is 4. The van der Waals surface area contributed by atoms with E-state index in [1.54, 1.807) is 6.20 Å². The molecule has 2 aliphatic carbocycles. The second-order valence-electron chi connectivity index (χ2n) is 6.09. The zero-order valence-corrected chi connectivity index (χ0v) is 11.7. The molecule has 2 saturated carbocycles. The van der Waals surface area contributed by atoms with E-state index in [-0.39, 0.29) is 0 Å². The highest BCUT2D eigenvalue weighted by Crippen LogP contribution is 2.48. The van der Waals surface area contributed by atoms with Gasteiger partial charge >= 0.3 is 0 Å². The molecule has 0 aromatic carbocycles. The molecule has 2 fully saturated rings. The average Bonchev–Trinajstić information content (AvgIpc) is 2.94. The lowest BCUT2D eigenvalue weighted by molar-refractivity contribution is 0.214. The van der Waals surface area contributed by atoms with Gasteiger partial charge in [-0.25, -0.2) is 4.98 Å². The number of pyridine rings is 1. The predicted molar refractivity (Wildman–Crippen MR) is 74.5 cm³/mol. The third-order valence-corrected chi connectivity index (χ3v) is 5.05. The third kappa shape index (κ3) is 2.55. The fraction of sp³-hybridized carbons (Fsp3) is 0.667. The van der Waals surface area contributed by atoms with E-state index in [0.717, 1.165) is 29.9 Å². The minimum Gasteiger partial charge on any atom is -0.302 e. The Kier molecular flexibility index (Phi) is 3.58. The van der Waals surface area contributed by atoms with Crippen molar-refractivity contribution >= 4 is 11.6 Å². The summed E-state index contributed by atoms with van der Waals surface area (Å²) in [6, 6.07) is 4.04. The predicted octanol–water partition coefficient (Wildman–Crippen LogP) is 3.60. The fourth-order valence-corrected chi connectivity index (χ4v) is 4.07. The van der Waals surface area contributed by atoms with Crippen LogP contribution in [-0.2, 0) is 6.54 Å². The van der Waals surface area contributed by atoms with E-state index in [9.17, 15) is 0 Å². The summed E-state index contributed by atoms with van der Waals surface area (Å²) >= 11 is 6.11. The zero-order chi connectivity index (χ0) is 12.5. The third-order valence-electron chi connectivity index (χ3n) is 4.71. The monoisotopic (exact) mass is 264 g/mol. The fourth-order valence-electron chi connectivity index (χ4n) is 3.89. The standard InChI is InChI=1S/C15H21ClN2/c1-18(9-13-3-2-6-17-15(13)16)10-14-8-11-4-5-12(14)7-11/h2-3,6,11-12,14H,4-5,7-10H2,1H3. The Morgan fingerprint density at radius 1 is 1.39 bits per heavy atom. The van der Waals surface area contributed by atoms with Crippen LogP contribution < -0.4 is 0 Å². The van der Waals surface area contributed by atoms with Gasteiger partial charge in [-0.15, -0.1) is 0 Å². The highest BCUT2D eigenvalue weighted by Gasteiger charge is 2.39. The summed E-state index contributed by atoms with van der Waals surface area (Å²) in [5, 5.41) is 0.650. The molecule has 2 nitrogen and oxygen atoms in total. The molecule has 0 N–H and O–H groups in total. The van der Waals surface area contributed by atoms with Crippen molar-refractivity contribution in [2.24, 2.45) is 17.8 Å². The smallest absolute Gasteiger partial charge is 0.133 e. The first-order chi connectivity index (χ1) is 8.72. The van der Waals surface area contributed by atoms with Gasteiger partial charge in [-0.1, -0.05) is 24.1 Å². The molecule has 1 aromatic heterocycles. The molecule has 1 aromatic rings. The molecule has 2 aliphatic rings. The van der Waals surface area contributed by atoms with Crippen LogP contribution in [0.2, 0.25) is 5.15 Å². The van der Waals surface area contributed by atoms with Crippen molar-refractivity contribution in [2.45, 2.75) is 32.2 Å². The molecule has 3 heteroatoms. The highest BCUT2D eigenvalue weighted by atomic mass is 35.5. The average molecular weight is 265 g/mol. The Labute approximate surface area is 114 Å². The van der Waals surface area contributed by atoms with Crippen molar-refractivity contribution in [1.29, 1.82) is 0 Å². The largest absolute Gasteiger partial charge is 0.302 e. The molecular formula is C15H21ClN2. The summed E-state index contributed by atoms with van der Waals surface area (Å²) in [5.41, 5.74) is 1.14. The maximum Gasteiger partial charge on any atom is 0.133 e. The van der Waals surface area contributed by atoms with Crippen LogP contribution in [0.3, 0.4) is 0 Å². The Morgan fingerprint density at radius 2 is 2.28 bits per heavy atom. The van der Waals surface area contributed by atoms with Gasteiger partial charge in [0, 0.05) is 24.8 Å². The molecule has 2 bridgehead atoms. The van der Waals surface area contributed by atoms with Gasteiger partial charge in [-0.2, -0.15) is 0 Å². The quantitative estimate of drug-likeness (QED) is 0.773. The van der Waals surface area contributed by atoms with Gasteiger partial charge in [-0.3, -0.25) is 0 Å². The van der Waals surface area contributed by atoms with Crippen LogP contribution in [-0.4, -0.2) is 23.5 Å². The van der Waals surface area contributed by atoms with E-state index in [1.165, 1.54) is 32.2 Å². The van der Waals surface area contributed by atoms with Gasteiger partial charge < -0.3 is 4.90 Å². The summed E-state index contributed by atoms with van der Waals surface area (Å²) < 4.78 is 0. The van der Waals surface area contributed by atoms with E-state index in [2.05, 4.69) is 23.0 Å². The van der Waals surface area contributed by atoms with Crippen LogP contribution in [0.1, 0.15) is 31.2 Å². The summed E-state index contributed by atoms with van der Waals surface area (Å²) in [5.74, 6) is 2.96. The molecule has 1 heterocycles. The first-order valence-corrected chi connectivity index (χ1v) is 7.38. The van der Waals surface area contributed by atoms with Gasteiger partial charge in [0.15, 0.2) is 0 Å². The van der Waals surface area contributed by atoms with E-state index in [0.29, 0.717) is 5.15 Å². The van der Waals surface area contributed by atoms with Crippen LogP contribution in [0.4, 0.5) is 0 Å². The zero-order valence-electron chi connectivity index (χ0n) is 11.0. The molecule has 0 aliphatic heterocycles. The molecular weight excluding hydrogens is 244 g/mol. The van der Waals surface area contributed by atoms with E-state index < -0.39 is 0 Å². The van der Waals surface area contributed by atoms with Gasteiger partial charge in [-0.05, 0) is 50.1 Å². The van der Waals surface area contributed by atoms with E-state index >= 15 is 0 Å². The summed E-state index contributed by atoms with van der Waals surface area (Å²) in [6.45, 7) is 2.13. The topological polar surface area (TPSA) is 16.1 Å². The molecule has 0 spiro atoms. The Hall–Kier alpha value is -0.600. The van der Waals surface area contributed by atoms with Crippen LogP contribution in [0.5, 0.6) is 0 Å². The molecule has 0 radical (unpaired) electrons. The lowest BCUT2D eigenvalue weighted by atomic mass is 9.88. The summed E-state index contributed by atoms with van der Waals surface area (Å²) in [7, 11) is 2.20. The van der Waals surface area contributed by atoms with Crippen LogP contribution in [0.25, 0.3) is 0 Å². The molecule has 3 rings (SSSR count). The Bertz CT molecular complexity index is 421. The molecule has 0 saturated heterocycles. The first kappa shape index (κ1) is 12.4. The second-order valence-corrected chi connectivity index (χ2v) is 6.44. The molecule has 3 unspecified atom stereocenters. The normalized spacial score (nSPS) is 30.3. The van der Waals surface area contributed by atoms with E-state index in [1.807, 2.05) is 6.07 Å². The lowest BCUT2D eigenvalue weighted by Crippen LogP contribution is -2.28. The first-order valence-electron chi connectivity index (χ1n) is 7.00. The minimum atomic E-state index is 0.650. The van der Waals surface area contributed by atoms with Gasteiger partial charge in [0.25, 0.3) is 0 Å². The van der Waals surface area contributed by atoms with Crippen molar-refractivity contribution in [3.8, 4) is 0 Å². The molecule has 3 atom stereocenters. The Balaban J connectivity index is 1.56. The SMILES string of the molecule is CN(Cc1cccnc1Cl)CC1CC2CCC1C2. The summed E-state index contributed by atoms with van der Waals surface area (Å²) in [6.07, 6.45) is 7.65. The molecule has 98 valence electrons. The van der Waals surface area contributed by atoms with Crippen LogP contribution in [0.15, 0.2) is 18.3 Å². The number of hydrogen-bond donors (Lipinski definition) is 0. The van der Waals surface area contributed by atoms with Gasteiger partial charge in [0.1, 0.15) is 5.15 Å². The number of halogens is 1. The van der Waals surface area contributed by atoms with Crippen molar-refractivity contribution in [1.82, 2.24) is 9.88 Å². The number of aromatic nitrogens is 1. The van der Waals surface area contributed by atoms with Crippen LogP contribution in [0, 0.1) is 17.8 Å². The van der Waals surface area contributed by atoms with Crippen LogP contribution >= 0.6 is 11.6 Å². The maximum atomic E-state index is 6.11. The van der Waals surface area contributed by atoms with Crippen molar-refractivity contribution in [3.05, 3.63) is 29.0 Å². The number of hydrogen-bond acceptors (Lipinski definition) is 2. The molecule has 18 heavy (non-hydrogen) atoms. The summed E-state index contributed by atoms with van der Waals surface area (Å²) in [4.78, 5) is 6.55. The van der Waals surface area contributed by atoms with Gasteiger partial charge in [0.05, 0.1) is 0 Å². The van der Waals surface area contributed by atoms with Crippen molar-refractivity contribution in [2.75, 3.05) is 13.6 Å². The Morgan fingerprint density at radius 3 is 2.94 bits per heavy atom. The second kappa shape index (κ2) is 5.18. The lowest BCUT2D eigenvalue weighted by Gasteiger charge is -2.27.